The van der Waals surface area contributed by atoms with Crippen LogP contribution in [-0.4, -0.2) is 9.97 Å². The van der Waals surface area contributed by atoms with Gasteiger partial charge in [-0.25, -0.2) is 0 Å². The first kappa shape index (κ1) is 20.5. The number of hydrogen-bond acceptors (Lipinski definition) is 2. The lowest BCUT2D eigenvalue weighted by atomic mass is 9.79. The Morgan fingerprint density at radius 3 is 2.23 bits per heavy atom. The normalized spacial score (nSPS) is 12.6. The van der Waals surface area contributed by atoms with Crippen LogP contribution in [0.4, 0.5) is 0 Å². The van der Waals surface area contributed by atoms with Crippen LogP contribution in [0.15, 0.2) is 54.9 Å². The maximum Gasteiger partial charge on any atom is 0.0731 e. The van der Waals surface area contributed by atoms with Crippen LogP contribution in [0.25, 0.3) is 21.8 Å². The van der Waals surface area contributed by atoms with Crippen molar-refractivity contribution in [2.75, 3.05) is 0 Å². The van der Waals surface area contributed by atoms with Gasteiger partial charge in [-0.3, -0.25) is 9.97 Å². The van der Waals surface area contributed by atoms with Gasteiger partial charge in [-0.05, 0) is 83.2 Å². The number of hydrogen-bond donors (Lipinski definition) is 0. The molecule has 0 fully saturated rings. The number of aromatic nitrogens is 2. The van der Waals surface area contributed by atoms with E-state index >= 15 is 0 Å². The molecular formula is C28H32N2. The minimum atomic E-state index is -0.0152. The molecule has 0 radical (unpaired) electrons. The molecule has 0 unspecified atom stereocenters. The third-order valence-electron chi connectivity index (χ3n) is 6.27. The molecule has 0 bridgehead atoms. The fraction of sp³-hybridized carbons (Fsp3) is 0.357. The fourth-order valence-electron chi connectivity index (χ4n) is 4.30. The molecule has 2 nitrogen and oxygen atoms in total. The molecule has 0 spiro atoms. The van der Waals surface area contributed by atoms with E-state index in [9.17, 15) is 0 Å². The standard InChI is InChI=1S/C28H32N2/c1-18-9-8-10-25-24(18)14-23(17-29-25)28(6,7)15-20-11-19(2)26-21(12-20)13-22(16-30-26)27(3,4)5/h8-14,16-17H,15H2,1-7H3. The van der Waals surface area contributed by atoms with E-state index in [1.807, 2.05) is 6.20 Å². The molecule has 0 aliphatic heterocycles. The SMILES string of the molecule is Cc1cccc2ncc(C(C)(C)Cc3cc(C)c4ncc(C(C)(C)C)cc4c3)cc12. The van der Waals surface area contributed by atoms with Crippen molar-refractivity contribution in [2.45, 2.75) is 65.7 Å². The first-order valence-corrected chi connectivity index (χ1v) is 10.8. The van der Waals surface area contributed by atoms with E-state index in [4.69, 9.17) is 9.97 Å². The minimum Gasteiger partial charge on any atom is -0.256 e. The Labute approximate surface area is 180 Å². The molecule has 0 saturated heterocycles. The molecule has 30 heavy (non-hydrogen) atoms. The van der Waals surface area contributed by atoms with Crippen LogP contribution in [0.1, 0.15) is 62.4 Å². The highest BCUT2D eigenvalue weighted by molar-refractivity contribution is 5.84. The Kier molecular flexibility index (Phi) is 4.92. The number of fused-ring (bicyclic) bond motifs is 2. The van der Waals surface area contributed by atoms with Gasteiger partial charge in [-0.1, -0.05) is 52.8 Å². The smallest absolute Gasteiger partial charge is 0.0731 e. The highest BCUT2D eigenvalue weighted by Gasteiger charge is 2.23. The molecule has 2 heteroatoms. The lowest BCUT2D eigenvalue weighted by Crippen LogP contribution is -2.21. The van der Waals surface area contributed by atoms with Gasteiger partial charge in [0.15, 0.2) is 0 Å². The van der Waals surface area contributed by atoms with Gasteiger partial charge in [-0.2, -0.15) is 0 Å². The third kappa shape index (κ3) is 3.84. The lowest BCUT2D eigenvalue weighted by Gasteiger charge is -2.26. The topological polar surface area (TPSA) is 25.8 Å². The van der Waals surface area contributed by atoms with Crippen LogP contribution in [-0.2, 0) is 17.3 Å². The van der Waals surface area contributed by atoms with Crippen LogP contribution in [0.3, 0.4) is 0 Å². The van der Waals surface area contributed by atoms with E-state index in [2.05, 4.69) is 97.1 Å². The second-order valence-electron chi connectivity index (χ2n) is 10.4. The van der Waals surface area contributed by atoms with Crippen molar-refractivity contribution >= 4 is 21.8 Å². The van der Waals surface area contributed by atoms with Crippen LogP contribution in [0.2, 0.25) is 0 Å². The molecule has 4 rings (SSSR count). The van der Waals surface area contributed by atoms with E-state index in [-0.39, 0.29) is 10.8 Å². The maximum absolute atomic E-state index is 4.78. The van der Waals surface area contributed by atoms with Gasteiger partial charge in [-0.15, -0.1) is 0 Å². The van der Waals surface area contributed by atoms with Crippen molar-refractivity contribution in [3.05, 3.63) is 82.7 Å². The van der Waals surface area contributed by atoms with Gasteiger partial charge in [0.1, 0.15) is 0 Å². The van der Waals surface area contributed by atoms with E-state index in [0.29, 0.717) is 0 Å². The van der Waals surface area contributed by atoms with Crippen molar-refractivity contribution in [1.82, 2.24) is 9.97 Å². The van der Waals surface area contributed by atoms with E-state index in [1.165, 1.54) is 38.6 Å². The lowest BCUT2D eigenvalue weighted by molar-refractivity contribution is 0.521. The molecular weight excluding hydrogens is 364 g/mol. The summed E-state index contributed by atoms with van der Waals surface area (Å²) in [5, 5.41) is 2.48. The third-order valence-corrected chi connectivity index (χ3v) is 6.27. The largest absolute Gasteiger partial charge is 0.256 e. The van der Waals surface area contributed by atoms with Gasteiger partial charge in [0.25, 0.3) is 0 Å². The zero-order valence-corrected chi connectivity index (χ0v) is 19.3. The molecule has 0 atom stereocenters. The average Bonchev–Trinajstić information content (AvgIpc) is 2.66. The summed E-state index contributed by atoms with van der Waals surface area (Å²) in [5.74, 6) is 0. The number of benzene rings is 2. The molecule has 0 N–H and O–H groups in total. The van der Waals surface area contributed by atoms with Crippen molar-refractivity contribution in [1.29, 1.82) is 0 Å². The Bertz CT molecular complexity index is 1240. The van der Waals surface area contributed by atoms with Crippen LogP contribution in [0.5, 0.6) is 0 Å². The Morgan fingerprint density at radius 2 is 1.50 bits per heavy atom. The molecule has 0 aliphatic carbocycles. The number of rotatable bonds is 3. The highest BCUT2D eigenvalue weighted by atomic mass is 14.7. The van der Waals surface area contributed by atoms with E-state index in [1.54, 1.807) is 0 Å². The summed E-state index contributed by atoms with van der Waals surface area (Å²) >= 11 is 0. The Morgan fingerprint density at radius 1 is 0.767 bits per heavy atom. The van der Waals surface area contributed by atoms with Crippen LogP contribution < -0.4 is 0 Å². The fourth-order valence-corrected chi connectivity index (χ4v) is 4.30. The van der Waals surface area contributed by atoms with Crippen molar-refractivity contribution in [3.8, 4) is 0 Å². The Hall–Kier alpha value is -2.74. The molecule has 2 heterocycles. The Balaban J connectivity index is 1.74. The summed E-state index contributed by atoms with van der Waals surface area (Å²) < 4.78 is 0. The van der Waals surface area contributed by atoms with Crippen LogP contribution in [0, 0.1) is 13.8 Å². The zero-order chi connectivity index (χ0) is 21.7. The second-order valence-corrected chi connectivity index (χ2v) is 10.4. The molecule has 0 saturated carbocycles. The summed E-state index contributed by atoms with van der Waals surface area (Å²) in [6.45, 7) is 15.7. The summed E-state index contributed by atoms with van der Waals surface area (Å²) in [7, 11) is 0. The van der Waals surface area contributed by atoms with Gasteiger partial charge in [0, 0.05) is 23.2 Å². The monoisotopic (exact) mass is 396 g/mol. The number of nitrogens with zero attached hydrogens (tertiary/aromatic N) is 2. The van der Waals surface area contributed by atoms with E-state index < -0.39 is 0 Å². The molecule has 4 aromatic rings. The van der Waals surface area contributed by atoms with E-state index in [0.717, 1.165) is 17.5 Å². The summed E-state index contributed by atoms with van der Waals surface area (Å²) in [5.41, 5.74) is 8.68. The quantitative estimate of drug-likeness (QED) is 0.365. The van der Waals surface area contributed by atoms with Crippen molar-refractivity contribution < 1.29 is 0 Å². The first-order chi connectivity index (χ1) is 14.0. The van der Waals surface area contributed by atoms with Gasteiger partial charge < -0.3 is 0 Å². The summed E-state index contributed by atoms with van der Waals surface area (Å²) in [4.78, 5) is 9.52. The molecule has 154 valence electrons. The average molecular weight is 397 g/mol. The van der Waals surface area contributed by atoms with Crippen molar-refractivity contribution in [3.63, 3.8) is 0 Å². The molecule has 0 aliphatic rings. The zero-order valence-electron chi connectivity index (χ0n) is 19.3. The minimum absolute atomic E-state index is 0.0152. The van der Waals surface area contributed by atoms with Crippen molar-refractivity contribution in [2.24, 2.45) is 0 Å². The van der Waals surface area contributed by atoms with Crippen LogP contribution >= 0.6 is 0 Å². The predicted molar refractivity (Wildman–Crippen MR) is 128 cm³/mol. The van der Waals surface area contributed by atoms with Gasteiger partial charge in [0.2, 0.25) is 0 Å². The number of pyridine rings is 2. The second kappa shape index (κ2) is 7.19. The number of aryl methyl sites for hydroxylation is 2. The molecule has 2 aromatic carbocycles. The van der Waals surface area contributed by atoms with Gasteiger partial charge >= 0.3 is 0 Å². The summed E-state index contributed by atoms with van der Waals surface area (Å²) in [6.07, 6.45) is 5.04. The summed E-state index contributed by atoms with van der Waals surface area (Å²) in [6, 6.07) is 15.6. The molecule has 0 amide bonds. The van der Waals surface area contributed by atoms with Gasteiger partial charge in [0.05, 0.1) is 11.0 Å². The highest BCUT2D eigenvalue weighted by Crippen LogP contribution is 2.32. The molecule has 2 aromatic heterocycles. The maximum atomic E-state index is 4.78. The predicted octanol–water partition coefficient (Wildman–Crippen LogP) is 7.22. The first-order valence-electron chi connectivity index (χ1n) is 10.8.